The molecule has 0 unspecified atom stereocenters. The van der Waals surface area contributed by atoms with Gasteiger partial charge in [-0.25, -0.2) is 14.3 Å². The summed E-state index contributed by atoms with van der Waals surface area (Å²) in [5, 5.41) is 4.45. The predicted molar refractivity (Wildman–Crippen MR) is 85.4 cm³/mol. The molecule has 7 heteroatoms. The van der Waals surface area contributed by atoms with E-state index in [-0.39, 0.29) is 0 Å². The van der Waals surface area contributed by atoms with E-state index in [9.17, 15) is 9.59 Å². The summed E-state index contributed by atoms with van der Waals surface area (Å²) in [4.78, 5) is 32.2. The van der Waals surface area contributed by atoms with Crippen LogP contribution in [0, 0.1) is 11.8 Å². The molecule has 7 nitrogen and oxygen atoms in total. The number of hydrogen-bond donors (Lipinski definition) is 2. The summed E-state index contributed by atoms with van der Waals surface area (Å²) in [5.41, 5.74) is 2.06. The van der Waals surface area contributed by atoms with Crippen LogP contribution in [0.4, 0.5) is 0 Å². The van der Waals surface area contributed by atoms with Gasteiger partial charge in [0.25, 0.3) is 5.56 Å². The van der Waals surface area contributed by atoms with Gasteiger partial charge in [-0.2, -0.15) is 5.10 Å². The summed E-state index contributed by atoms with van der Waals surface area (Å²) in [6, 6.07) is 1.95. The van der Waals surface area contributed by atoms with Crippen molar-refractivity contribution in [2.24, 2.45) is 11.8 Å². The Morgan fingerprint density at radius 2 is 2.17 bits per heavy atom. The molecule has 2 atom stereocenters. The van der Waals surface area contributed by atoms with Crippen molar-refractivity contribution in [2.75, 3.05) is 0 Å². The van der Waals surface area contributed by atoms with Crippen LogP contribution in [0.3, 0.4) is 0 Å². The van der Waals surface area contributed by atoms with Crippen LogP contribution in [0.15, 0.2) is 34.4 Å². The minimum absolute atomic E-state index is 0.350. The summed E-state index contributed by atoms with van der Waals surface area (Å²) in [6.07, 6.45) is 5.99. The molecular formula is C16H17N5O2. The number of fused-ring (bicyclic) bond motifs is 1. The molecule has 0 aromatic carbocycles. The lowest BCUT2D eigenvalue weighted by molar-refractivity contribution is 0.549. The van der Waals surface area contributed by atoms with Gasteiger partial charge in [-0.05, 0) is 35.8 Å². The van der Waals surface area contributed by atoms with Crippen LogP contribution in [-0.2, 0) is 0 Å². The summed E-state index contributed by atoms with van der Waals surface area (Å²) in [6.45, 7) is 4.46. The van der Waals surface area contributed by atoms with E-state index in [1.165, 1.54) is 6.20 Å². The zero-order valence-electron chi connectivity index (χ0n) is 12.9. The third kappa shape index (κ3) is 2.28. The zero-order chi connectivity index (χ0) is 16.1. The van der Waals surface area contributed by atoms with Crippen LogP contribution >= 0.6 is 0 Å². The standard InChI is InChI=1S/C16H17N5O2/c1-8(2)9-3-10(9)11-4-13(20-21-7-17-6-14(11)21)12-5-18-16(23)19-15(12)22/h4-10H,3H2,1-2H3,(H2,18,19,22,23)/t9-,10+/m1/s1. The molecule has 2 N–H and O–H groups in total. The molecule has 23 heavy (non-hydrogen) atoms. The summed E-state index contributed by atoms with van der Waals surface area (Å²) in [7, 11) is 0. The molecule has 0 aliphatic heterocycles. The third-order valence-corrected chi connectivity index (χ3v) is 4.61. The maximum absolute atomic E-state index is 12.0. The van der Waals surface area contributed by atoms with Gasteiger partial charge in [0, 0.05) is 6.20 Å². The summed E-state index contributed by atoms with van der Waals surface area (Å²) < 4.78 is 1.70. The van der Waals surface area contributed by atoms with Gasteiger partial charge in [0.1, 0.15) is 6.33 Å². The van der Waals surface area contributed by atoms with Crippen LogP contribution in [0.5, 0.6) is 0 Å². The van der Waals surface area contributed by atoms with Gasteiger partial charge in [-0.3, -0.25) is 9.78 Å². The average Bonchev–Trinajstić information content (AvgIpc) is 3.16. The van der Waals surface area contributed by atoms with E-state index in [2.05, 4.69) is 33.9 Å². The van der Waals surface area contributed by atoms with E-state index in [1.54, 1.807) is 17.0 Å². The van der Waals surface area contributed by atoms with E-state index < -0.39 is 11.2 Å². The van der Waals surface area contributed by atoms with E-state index in [1.807, 2.05) is 6.07 Å². The van der Waals surface area contributed by atoms with Crippen molar-refractivity contribution in [3.8, 4) is 11.3 Å². The predicted octanol–water partition coefficient (Wildman–Crippen LogP) is 1.53. The molecule has 1 aliphatic carbocycles. The van der Waals surface area contributed by atoms with Crippen LogP contribution in [-0.4, -0.2) is 24.6 Å². The maximum atomic E-state index is 12.0. The highest BCUT2D eigenvalue weighted by Crippen LogP contribution is 2.52. The molecule has 1 saturated carbocycles. The Morgan fingerprint density at radius 3 is 2.87 bits per heavy atom. The molecule has 1 aliphatic rings. The quantitative estimate of drug-likeness (QED) is 0.766. The lowest BCUT2D eigenvalue weighted by Gasteiger charge is -2.08. The molecule has 3 aromatic rings. The first-order valence-corrected chi connectivity index (χ1v) is 7.70. The molecular weight excluding hydrogens is 294 g/mol. The molecule has 3 aromatic heterocycles. The minimum atomic E-state index is -0.523. The van der Waals surface area contributed by atoms with E-state index in [4.69, 9.17) is 0 Å². The van der Waals surface area contributed by atoms with Gasteiger partial charge in [0.15, 0.2) is 0 Å². The number of aromatic nitrogens is 5. The van der Waals surface area contributed by atoms with Crippen molar-refractivity contribution in [1.29, 1.82) is 0 Å². The number of nitrogens with zero attached hydrogens (tertiary/aromatic N) is 3. The number of hydrogen-bond acceptors (Lipinski definition) is 4. The Bertz CT molecular complexity index is 997. The van der Waals surface area contributed by atoms with Crippen LogP contribution in [0.2, 0.25) is 0 Å². The van der Waals surface area contributed by atoms with Crippen molar-refractivity contribution in [2.45, 2.75) is 26.2 Å². The molecule has 1 fully saturated rings. The first kappa shape index (κ1) is 13.9. The maximum Gasteiger partial charge on any atom is 0.325 e. The van der Waals surface area contributed by atoms with Crippen molar-refractivity contribution < 1.29 is 0 Å². The van der Waals surface area contributed by atoms with Crippen molar-refractivity contribution >= 4 is 5.52 Å². The molecule has 0 bridgehead atoms. The highest BCUT2D eigenvalue weighted by Gasteiger charge is 2.41. The van der Waals surface area contributed by atoms with Crippen molar-refractivity contribution in [3.05, 3.63) is 51.2 Å². The van der Waals surface area contributed by atoms with Gasteiger partial charge in [-0.1, -0.05) is 13.8 Å². The average molecular weight is 311 g/mol. The minimum Gasteiger partial charge on any atom is -0.313 e. The molecule has 0 radical (unpaired) electrons. The Hall–Kier alpha value is -2.70. The number of aromatic amines is 2. The van der Waals surface area contributed by atoms with Gasteiger partial charge >= 0.3 is 5.69 Å². The largest absolute Gasteiger partial charge is 0.325 e. The molecule has 0 saturated heterocycles. The SMILES string of the molecule is CC(C)[C@H]1C[C@@H]1c1cc(-c2c[nH]c(=O)[nH]c2=O)nn2cncc12. The van der Waals surface area contributed by atoms with Gasteiger partial charge in [0.2, 0.25) is 0 Å². The normalized spacial score (nSPS) is 20.3. The fourth-order valence-corrected chi connectivity index (χ4v) is 3.28. The first-order chi connectivity index (χ1) is 11.0. The fourth-order valence-electron chi connectivity index (χ4n) is 3.28. The highest BCUT2D eigenvalue weighted by molar-refractivity contribution is 5.64. The molecule has 3 heterocycles. The molecule has 4 rings (SSSR count). The van der Waals surface area contributed by atoms with Gasteiger partial charge in [-0.15, -0.1) is 0 Å². The smallest absolute Gasteiger partial charge is 0.313 e. The molecule has 118 valence electrons. The van der Waals surface area contributed by atoms with E-state index in [0.29, 0.717) is 29.0 Å². The van der Waals surface area contributed by atoms with Crippen molar-refractivity contribution in [1.82, 2.24) is 24.6 Å². The Labute approximate surface area is 131 Å². The number of rotatable bonds is 3. The second-order valence-electron chi connectivity index (χ2n) is 6.44. The number of imidazole rings is 1. The molecule has 0 amide bonds. The summed E-state index contributed by atoms with van der Waals surface area (Å²) in [5.74, 6) is 1.74. The second-order valence-corrected chi connectivity index (χ2v) is 6.44. The fraction of sp³-hybridized carbons (Fsp3) is 0.375. The Morgan fingerprint density at radius 1 is 1.35 bits per heavy atom. The monoisotopic (exact) mass is 311 g/mol. The Kier molecular flexibility index (Phi) is 2.97. The lowest BCUT2D eigenvalue weighted by atomic mass is 10.0. The highest BCUT2D eigenvalue weighted by atomic mass is 16.2. The van der Waals surface area contributed by atoms with Gasteiger partial charge < -0.3 is 4.98 Å². The van der Waals surface area contributed by atoms with E-state index in [0.717, 1.165) is 17.5 Å². The molecule has 0 spiro atoms. The van der Waals surface area contributed by atoms with Crippen molar-refractivity contribution in [3.63, 3.8) is 0 Å². The number of nitrogens with one attached hydrogen (secondary N) is 2. The number of H-pyrrole nitrogens is 2. The summed E-state index contributed by atoms with van der Waals surface area (Å²) >= 11 is 0. The third-order valence-electron chi connectivity index (χ3n) is 4.61. The topological polar surface area (TPSA) is 95.9 Å². The Balaban J connectivity index is 1.89. The van der Waals surface area contributed by atoms with Crippen LogP contribution in [0.1, 0.15) is 31.7 Å². The van der Waals surface area contributed by atoms with Gasteiger partial charge in [0.05, 0.1) is 23.0 Å². The zero-order valence-corrected chi connectivity index (χ0v) is 12.9. The first-order valence-electron chi connectivity index (χ1n) is 7.70. The van der Waals surface area contributed by atoms with Crippen LogP contribution in [0.25, 0.3) is 16.8 Å². The lowest BCUT2D eigenvalue weighted by Crippen LogP contribution is -2.23. The second kappa shape index (κ2) is 4.91. The van der Waals surface area contributed by atoms with Crippen LogP contribution < -0.4 is 11.2 Å². The van der Waals surface area contributed by atoms with E-state index >= 15 is 0 Å².